The summed E-state index contributed by atoms with van der Waals surface area (Å²) in [5.41, 5.74) is 0.351. The fourth-order valence-corrected chi connectivity index (χ4v) is 3.87. The van der Waals surface area contributed by atoms with Gasteiger partial charge in [0.25, 0.3) is 0 Å². The second-order valence-corrected chi connectivity index (χ2v) is 6.66. The molecule has 1 saturated carbocycles. The Morgan fingerprint density at radius 3 is 2.77 bits per heavy atom. The molecule has 0 radical (unpaired) electrons. The van der Waals surface area contributed by atoms with Crippen molar-refractivity contribution in [3.63, 3.8) is 0 Å². The number of rotatable bonds is 5. The number of amides is 1. The summed E-state index contributed by atoms with van der Waals surface area (Å²) in [6.45, 7) is 5.97. The third-order valence-electron chi connectivity index (χ3n) is 5.34. The molecule has 7 heteroatoms. The van der Waals surface area contributed by atoms with E-state index >= 15 is 0 Å². The molecule has 1 amide bonds. The average Bonchev–Trinajstić information content (AvgIpc) is 2.95. The maximum absolute atomic E-state index is 12.4. The predicted octanol–water partition coefficient (Wildman–Crippen LogP) is 1.06. The largest absolute Gasteiger partial charge is 0.383 e. The van der Waals surface area contributed by atoms with Crippen molar-refractivity contribution in [2.45, 2.75) is 31.7 Å². The van der Waals surface area contributed by atoms with Crippen LogP contribution in [0.15, 0.2) is 0 Å². The molecule has 5 nitrogen and oxygen atoms in total. The first-order valence-corrected chi connectivity index (χ1v) is 7.96. The van der Waals surface area contributed by atoms with Gasteiger partial charge in [-0.05, 0) is 44.2 Å². The topological polar surface area (TPSA) is 53.6 Å². The molecule has 0 bridgehead atoms. The van der Waals surface area contributed by atoms with Crippen molar-refractivity contribution < 1.29 is 9.53 Å². The Hall–Kier alpha value is -0.0700. The van der Waals surface area contributed by atoms with E-state index in [4.69, 9.17) is 4.74 Å². The zero-order valence-electron chi connectivity index (χ0n) is 13.3. The first-order valence-electron chi connectivity index (χ1n) is 7.96. The minimum Gasteiger partial charge on any atom is -0.383 e. The molecule has 3 rings (SSSR count). The summed E-state index contributed by atoms with van der Waals surface area (Å²) >= 11 is 0. The van der Waals surface area contributed by atoms with Crippen LogP contribution in [0.2, 0.25) is 0 Å². The van der Waals surface area contributed by atoms with Crippen molar-refractivity contribution in [1.82, 2.24) is 15.5 Å². The van der Waals surface area contributed by atoms with Gasteiger partial charge in [0, 0.05) is 38.7 Å². The monoisotopic (exact) mass is 353 g/mol. The van der Waals surface area contributed by atoms with Crippen LogP contribution >= 0.6 is 24.8 Å². The number of hydrogen-bond acceptors (Lipinski definition) is 4. The molecule has 1 spiro atoms. The van der Waals surface area contributed by atoms with Crippen molar-refractivity contribution >= 4 is 30.7 Å². The Morgan fingerprint density at radius 1 is 1.36 bits per heavy atom. The molecule has 3 fully saturated rings. The van der Waals surface area contributed by atoms with Crippen LogP contribution in [0.3, 0.4) is 0 Å². The highest BCUT2D eigenvalue weighted by Crippen LogP contribution is 2.58. The van der Waals surface area contributed by atoms with Gasteiger partial charge in [0.15, 0.2) is 0 Å². The molecule has 2 aliphatic heterocycles. The lowest BCUT2D eigenvalue weighted by Crippen LogP contribution is -2.40. The van der Waals surface area contributed by atoms with Crippen LogP contribution in [0.25, 0.3) is 0 Å². The van der Waals surface area contributed by atoms with Gasteiger partial charge >= 0.3 is 0 Å². The lowest BCUT2D eigenvalue weighted by atomic mass is 9.91. The van der Waals surface area contributed by atoms with E-state index in [1.165, 1.54) is 12.8 Å². The van der Waals surface area contributed by atoms with Gasteiger partial charge in [-0.2, -0.15) is 0 Å². The number of piperidine rings is 1. The lowest BCUT2D eigenvalue weighted by Gasteiger charge is -2.23. The number of hydrogen-bond donors (Lipinski definition) is 2. The van der Waals surface area contributed by atoms with Crippen LogP contribution in [0.1, 0.15) is 25.7 Å². The normalized spacial score (nSPS) is 29.5. The fraction of sp³-hybridized carbons (Fsp3) is 0.933. The van der Waals surface area contributed by atoms with Gasteiger partial charge in [0.1, 0.15) is 0 Å². The van der Waals surface area contributed by atoms with Crippen LogP contribution in [0.4, 0.5) is 0 Å². The minimum atomic E-state index is 0. The van der Waals surface area contributed by atoms with Crippen molar-refractivity contribution in [3.05, 3.63) is 0 Å². The molecule has 2 saturated heterocycles. The number of carbonyl (C=O) groups excluding carboxylic acids is 1. The molecule has 1 aliphatic carbocycles. The standard InChI is InChI=1S/C15H27N3O2.2ClH/c1-20-9-8-18-7-2-12(11-18)17-14(19)13-10-15(13)3-5-16-6-4-15;;/h12-13,16H,2-11H2,1H3,(H,17,19);2*1H. The molecule has 2 N–H and O–H groups in total. The van der Waals surface area contributed by atoms with Crippen LogP contribution in [-0.2, 0) is 9.53 Å². The summed E-state index contributed by atoms with van der Waals surface area (Å²) in [6, 6.07) is 0.346. The lowest BCUT2D eigenvalue weighted by molar-refractivity contribution is -0.123. The smallest absolute Gasteiger partial charge is 0.223 e. The molecule has 3 aliphatic rings. The molecule has 130 valence electrons. The summed E-state index contributed by atoms with van der Waals surface area (Å²) < 4.78 is 5.11. The van der Waals surface area contributed by atoms with Gasteiger partial charge in [-0.1, -0.05) is 0 Å². The van der Waals surface area contributed by atoms with Crippen molar-refractivity contribution in [2.75, 3.05) is 46.4 Å². The maximum atomic E-state index is 12.4. The van der Waals surface area contributed by atoms with E-state index in [9.17, 15) is 4.79 Å². The zero-order valence-corrected chi connectivity index (χ0v) is 14.9. The van der Waals surface area contributed by atoms with Crippen LogP contribution < -0.4 is 10.6 Å². The first kappa shape index (κ1) is 20.0. The van der Waals surface area contributed by atoms with Crippen molar-refractivity contribution in [3.8, 4) is 0 Å². The van der Waals surface area contributed by atoms with Gasteiger partial charge in [0.2, 0.25) is 5.91 Å². The van der Waals surface area contributed by atoms with E-state index in [1.54, 1.807) is 7.11 Å². The van der Waals surface area contributed by atoms with E-state index in [1.807, 2.05) is 0 Å². The van der Waals surface area contributed by atoms with E-state index in [-0.39, 0.29) is 30.7 Å². The Morgan fingerprint density at radius 2 is 2.09 bits per heavy atom. The fourth-order valence-electron chi connectivity index (χ4n) is 3.87. The third-order valence-corrected chi connectivity index (χ3v) is 5.34. The Kier molecular flexibility index (Phi) is 7.89. The number of nitrogens with one attached hydrogen (secondary N) is 2. The molecule has 0 aromatic carbocycles. The summed E-state index contributed by atoms with van der Waals surface area (Å²) in [5.74, 6) is 0.600. The molecular formula is C15H29Cl2N3O2. The van der Waals surface area contributed by atoms with E-state index in [0.29, 0.717) is 17.4 Å². The SMILES string of the molecule is COCCN1CCC(NC(=O)C2CC23CCNCC3)C1.Cl.Cl. The van der Waals surface area contributed by atoms with Crippen LogP contribution in [-0.4, -0.2) is 63.3 Å². The van der Waals surface area contributed by atoms with Gasteiger partial charge in [-0.25, -0.2) is 0 Å². The molecule has 0 aromatic heterocycles. The second-order valence-electron chi connectivity index (χ2n) is 6.66. The molecule has 0 aromatic rings. The number of ether oxygens (including phenoxy) is 1. The molecular weight excluding hydrogens is 325 g/mol. The highest BCUT2D eigenvalue weighted by molar-refractivity contribution is 5.85. The molecule has 2 atom stereocenters. The summed E-state index contributed by atoms with van der Waals surface area (Å²) in [5, 5.41) is 6.67. The first-order chi connectivity index (χ1) is 9.73. The Labute approximate surface area is 145 Å². The van der Waals surface area contributed by atoms with E-state index in [0.717, 1.165) is 52.2 Å². The van der Waals surface area contributed by atoms with Gasteiger partial charge < -0.3 is 15.4 Å². The number of methoxy groups -OCH3 is 1. The van der Waals surface area contributed by atoms with Crippen LogP contribution in [0, 0.1) is 11.3 Å². The number of carbonyl (C=O) groups is 1. The number of halogens is 2. The zero-order chi connectivity index (χ0) is 14.0. The third kappa shape index (κ3) is 4.48. The van der Waals surface area contributed by atoms with E-state index in [2.05, 4.69) is 15.5 Å². The van der Waals surface area contributed by atoms with Crippen LogP contribution in [0.5, 0.6) is 0 Å². The van der Waals surface area contributed by atoms with Gasteiger partial charge in [-0.15, -0.1) is 24.8 Å². The minimum absolute atomic E-state index is 0. The predicted molar refractivity (Wildman–Crippen MR) is 92.0 cm³/mol. The summed E-state index contributed by atoms with van der Waals surface area (Å²) in [6.07, 6.45) is 4.54. The van der Waals surface area contributed by atoms with Crippen molar-refractivity contribution in [1.29, 1.82) is 0 Å². The Balaban J connectivity index is 0.00000121. The quantitative estimate of drug-likeness (QED) is 0.775. The second kappa shape index (κ2) is 8.69. The van der Waals surface area contributed by atoms with Gasteiger partial charge in [0.05, 0.1) is 6.61 Å². The highest BCUT2D eigenvalue weighted by atomic mass is 35.5. The van der Waals surface area contributed by atoms with E-state index < -0.39 is 0 Å². The summed E-state index contributed by atoms with van der Waals surface area (Å²) in [7, 11) is 1.74. The maximum Gasteiger partial charge on any atom is 0.223 e. The highest BCUT2D eigenvalue weighted by Gasteiger charge is 2.57. The summed E-state index contributed by atoms with van der Waals surface area (Å²) in [4.78, 5) is 14.8. The molecule has 22 heavy (non-hydrogen) atoms. The Bertz CT molecular complexity index is 365. The molecule has 2 heterocycles. The van der Waals surface area contributed by atoms with Crippen molar-refractivity contribution in [2.24, 2.45) is 11.3 Å². The molecule has 2 unspecified atom stereocenters. The number of likely N-dealkylation sites (tertiary alicyclic amines) is 1. The average molecular weight is 354 g/mol. The van der Waals surface area contributed by atoms with Gasteiger partial charge in [-0.3, -0.25) is 9.69 Å². The number of nitrogens with zero attached hydrogens (tertiary/aromatic N) is 1.